The number of hydrogen-bond acceptors (Lipinski definition) is 4. The van der Waals surface area contributed by atoms with Crippen LogP contribution in [-0.4, -0.2) is 27.4 Å². The van der Waals surface area contributed by atoms with Crippen molar-refractivity contribution in [3.63, 3.8) is 0 Å². The van der Waals surface area contributed by atoms with Gasteiger partial charge in [-0.1, -0.05) is 50.2 Å². The molecule has 0 fully saturated rings. The van der Waals surface area contributed by atoms with E-state index < -0.39 is 10.0 Å². The molecule has 0 aliphatic carbocycles. The Kier molecular flexibility index (Phi) is 7.53. The lowest BCUT2D eigenvalue weighted by Crippen LogP contribution is -2.30. The van der Waals surface area contributed by atoms with Gasteiger partial charge in [-0.15, -0.1) is 0 Å². The molecule has 1 atom stereocenters. The molecule has 2 aromatic rings. The second-order valence-electron chi connectivity index (χ2n) is 6.74. The molecule has 0 aliphatic heterocycles. The first-order chi connectivity index (χ1) is 12.8. The number of sulfonamides is 1. The summed E-state index contributed by atoms with van der Waals surface area (Å²) in [5, 5.41) is 2.86. The lowest BCUT2D eigenvalue weighted by molar-refractivity contribution is -0.121. The van der Waals surface area contributed by atoms with Crippen LogP contribution in [0, 0.1) is 11.8 Å². The van der Waals surface area contributed by atoms with Crippen molar-refractivity contribution in [2.45, 2.75) is 25.2 Å². The SMILES string of the molecule is CC(C)C(Cc1ccccc1)C(=O)Nc1cccc(S(=O)(=O)NCCN)c1. The number of nitrogens with two attached hydrogens (primary N) is 1. The van der Waals surface area contributed by atoms with E-state index in [1.807, 2.05) is 44.2 Å². The number of rotatable bonds is 9. The number of carbonyl (C=O) groups is 1. The lowest BCUT2D eigenvalue weighted by atomic mass is 9.88. The Morgan fingerprint density at radius 2 is 1.78 bits per heavy atom. The van der Waals surface area contributed by atoms with E-state index in [0.717, 1.165) is 5.56 Å². The highest BCUT2D eigenvalue weighted by Crippen LogP contribution is 2.21. The van der Waals surface area contributed by atoms with Gasteiger partial charge in [0.05, 0.1) is 4.90 Å². The molecular formula is C20H27N3O3S. The van der Waals surface area contributed by atoms with Crippen LogP contribution in [0.2, 0.25) is 0 Å². The van der Waals surface area contributed by atoms with Crippen molar-refractivity contribution in [1.29, 1.82) is 0 Å². The summed E-state index contributed by atoms with van der Waals surface area (Å²) in [5.41, 5.74) is 6.89. The molecule has 7 heteroatoms. The second kappa shape index (κ2) is 9.64. The first-order valence-electron chi connectivity index (χ1n) is 8.98. The minimum absolute atomic E-state index is 0.0953. The van der Waals surface area contributed by atoms with E-state index in [0.29, 0.717) is 12.1 Å². The highest BCUT2D eigenvalue weighted by molar-refractivity contribution is 7.89. The molecule has 6 nitrogen and oxygen atoms in total. The lowest BCUT2D eigenvalue weighted by Gasteiger charge is -2.20. The molecule has 27 heavy (non-hydrogen) atoms. The van der Waals surface area contributed by atoms with Crippen molar-refractivity contribution in [3.8, 4) is 0 Å². The highest BCUT2D eigenvalue weighted by atomic mass is 32.2. The van der Waals surface area contributed by atoms with E-state index in [-0.39, 0.29) is 35.7 Å². The van der Waals surface area contributed by atoms with Gasteiger partial charge in [-0.25, -0.2) is 13.1 Å². The second-order valence-corrected chi connectivity index (χ2v) is 8.51. The summed E-state index contributed by atoms with van der Waals surface area (Å²) in [7, 11) is -3.65. The molecule has 0 aromatic heterocycles. The van der Waals surface area contributed by atoms with Crippen molar-refractivity contribution in [1.82, 2.24) is 4.72 Å². The average Bonchev–Trinajstić information content (AvgIpc) is 2.65. The van der Waals surface area contributed by atoms with Crippen LogP contribution in [0.4, 0.5) is 5.69 Å². The Morgan fingerprint density at radius 3 is 2.41 bits per heavy atom. The Bertz CT molecular complexity index is 852. The van der Waals surface area contributed by atoms with Crippen LogP contribution in [0.25, 0.3) is 0 Å². The number of benzene rings is 2. The maximum Gasteiger partial charge on any atom is 0.240 e. The Labute approximate surface area is 161 Å². The van der Waals surface area contributed by atoms with Crippen LogP contribution in [-0.2, 0) is 21.2 Å². The van der Waals surface area contributed by atoms with Crippen LogP contribution in [0.1, 0.15) is 19.4 Å². The number of nitrogens with one attached hydrogen (secondary N) is 2. The van der Waals surface area contributed by atoms with E-state index in [9.17, 15) is 13.2 Å². The molecule has 2 aromatic carbocycles. The molecule has 2 rings (SSSR count). The number of hydrogen-bond donors (Lipinski definition) is 3. The van der Waals surface area contributed by atoms with E-state index in [1.165, 1.54) is 12.1 Å². The Balaban J connectivity index is 2.14. The zero-order chi connectivity index (χ0) is 19.9. The largest absolute Gasteiger partial charge is 0.329 e. The van der Waals surface area contributed by atoms with Crippen molar-refractivity contribution in [3.05, 3.63) is 60.2 Å². The van der Waals surface area contributed by atoms with Crippen molar-refractivity contribution >= 4 is 21.6 Å². The van der Waals surface area contributed by atoms with Gasteiger partial charge < -0.3 is 11.1 Å². The van der Waals surface area contributed by atoms with Crippen LogP contribution in [0.3, 0.4) is 0 Å². The first-order valence-corrected chi connectivity index (χ1v) is 10.5. The standard InChI is InChI=1S/C20H27N3O3S/c1-15(2)19(13-16-7-4-3-5-8-16)20(24)23-17-9-6-10-18(14-17)27(25,26)22-12-11-21/h3-10,14-15,19,22H,11-13,21H2,1-2H3,(H,23,24). The summed E-state index contributed by atoms with van der Waals surface area (Å²) in [5.74, 6) is -0.204. The third-order valence-corrected chi connectivity index (χ3v) is 5.75. The summed E-state index contributed by atoms with van der Waals surface area (Å²) < 4.78 is 26.9. The third-order valence-electron chi connectivity index (χ3n) is 4.29. The fraction of sp³-hybridized carbons (Fsp3) is 0.350. The quantitative estimate of drug-likeness (QED) is 0.613. The van der Waals surface area contributed by atoms with Gasteiger partial charge in [-0.2, -0.15) is 0 Å². The van der Waals surface area contributed by atoms with E-state index >= 15 is 0 Å². The zero-order valence-electron chi connectivity index (χ0n) is 15.7. The Morgan fingerprint density at radius 1 is 1.07 bits per heavy atom. The molecule has 146 valence electrons. The highest BCUT2D eigenvalue weighted by Gasteiger charge is 2.23. The Hall–Kier alpha value is -2.22. The molecule has 0 heterocycles. The number of amides is 1. The van der Waals surface area contributed by atoms with Gasteiger partial charge in [-0.3, -0.25) is 4.79 Å². The summed E-state index contributed by atoms with van der Waals surface area (Å²) in [6.45, 7) is 4.38. The number of carbonyl (C=O) groups excluding carboxylic acids is 1. The molecule has 0 spiro atoms. The van der Waals surface area contributed by atoms with Crippen LogP contribution in [0.15, 0.2) is 59.5 Å². The molecular weight excluding hydrogens is 362 g/mol. The van der Waals surface area contributed by atoms with Crippen LogP contribution < -0.4 is 15.8 Å². The minimum Gasteiger partial charge on any atom is -0.329 e. The van der Waals surface area contributed by atoms with Gasteiger partial charge in [0.25, 0.3) is 0 Å². The van der Waals surface area contributed by atoms with Crippen molar-refractivity contribution < 1.29 is 13.2 Å². The normalized spacial score (nSPS) is 12.7. The predicted molar refractivity (Wildman–Crippen MR) is 108 cm³/mol. The summed E-state index contributed by atoms with van der Waals surface area (Å²) in [6, 6.07) is 16.1. The van der Waals surface area contributed by atoms with Crippen LogP contribution in [0.5, 0.6) is 0 Å². The van der Waals surface area contributed by atoms with Gasteiger partial charge in [0.15, 0.2) is 0 Å². The molecule has 4 N–H and O–H groups in total. The van der Waals surface area contributed by atoms with Crippen molar-refractivity contribution in [2.75, 3.05) is 18.4 Å². The van der Waals surface area contributed by atoms with Crippen LogP contribution >= 0.6 is 0 Å². The molecule has 1 unspecified atom stereocenters. The molecule has 1 amide bonds. The van der Waals surface area contributed by atoms with Crippen molar-refractivity contribution in [2.24, 2.45) is 17.6 Å². The predicted octanol–water partition coefficient (Wildman–Crippen LogP) is 2.38. The van der Waals surface area contributed by atoms with Gasteiger partial charge in [-0.05, 0) is 36.1 Å². The topological polar surface area (TPSA) is 101 Å². The zero-order valence-corrected chi connectivity index (χ0v) is 16.5. The monoisotopic (exact) mass is 389 g/mol. The van der Waals surface area contributed by atoms with E-state index in [2.05, 4.69) is 10.0 Å². The summed E-state index contributed by atoms with van der Waals surface area (Å²) >= 11 is 0. The maximum atomic E-state index is 12.8. The van der Waals surface area contributed by atoms with Gasteiger partial charge in [0, 0.05) is 24.7 Å². The van der Waals surface area contributed by atoms with E-state index in [1.54, 1.807) is 12.1 Å². The summed E-state index contributed by atoms with van der Waals surface area (Å²) in [4.78, 5) is 12.9. The fourth-order valence-electron chi connectivity index (χ4n) is 2.75. The number of anilines is 1. The smallest absolute Gasteiger partial charge is 0.240 e. The third kappa shape index (κ3) is 6.16. The first kappa shape index (κ1) is 21.1. The molecule has 0 bridgehead atoms. The molecule has 0 saturated heterocycles. The average molecular weight is 390 g/mol. The van der Waals surface area contributed by atoms with Gasteiger partial charge in [0.1, 0.15) is 0 Å². The minimum atomic E-state index is -3.65. The fourth-order valence-corrected chi connectivity index (χ4v) is 3.84. The van der Waals surface area contributed by atoms with Gasteiger partial charge in [0.2, 0.25) is 15.9 Å². The molecule has 0 radical (unpaired) electrons. The summed E-state index contributed by atoms with van der Waals surface area (Å²) in [6.07, 6.45) is 0.625. The van der Waals surface area contributed by atoms with Gasteiger partial charge >= 0.3 is 0 Å². The maximum absolute atomic E-state index is 12.8. The molecule has 0 saturated carbocycles. The van der Waals surface area contributed by atoms with E-state index in [4.69, 9.17) is 5.73 Å². The molecule has 0 aliphatic rings.